The highest BCUT2D eigenvalue weighted by Gasteiger charge is 2.29. The van der Waals surface area contributed by atoms with E-state index in [1.54, 1.807) is 4.90 Å². The molecule has 2 aromatic rings. The van der Waals surface area contributed by atoms with Gasteiger partial charge in [-0.25, -0.2) is 0 Å². The zero-order valence-electron chi connectivity index (χ0n) is 18.6. The summed E-state index contributed by atoms with van der Waals surface area (Å²) in [6.07, 6.45) is 2.08. The summed E-state index contributed by atoms with van der Waals surface area (Å²) in [5.74, 6) is 0.357. The Morgan fingerprint density at radius 2 is 1.67 bits per heavy atom. The summed E-state index contributed by atoms with van der Waals surface area (Å²) < 4.78 is 5.71. The van der Waals surface area contributed by atoms with Gasteiger partial charge in [0.1, 0.15) is 11.8 Å². The van der Waals surface area contributed by atoms with E-state index >= 15 is 0 Å². The second-order valence-corrected chi connectivity index (χ2v) is 7.67. The van der Waals surface area contributed by atoms with E-state index in [9.17, 15) is 9.59 Å². The van der Waals surface area contributed by atoms with Crippen LogP contribution < -0.4 is 10.1 Å². The van der Waals surface area contributed by atoms with E-state index in [4.69, 9.17) is 4.74 Å². The molecule has 2 atom stereocenters. The number of carbonyl (C=O) groups is 2. The average molecular weight is 411 g/mol. The Morgan fingerprint density at radius 3 is 2.27 bits per heavy atom. The molecule has 0 aliphatic rings. The highest BCUT2D eigenvalue weighted by Crippen LogP contribution is 2.14. The summed E-state index contributed by atoms with van der Waals surface area (Å²) in [5, 5.41) is 3.02. The standard InChI is InChI=1S/C25H34N2O3/c1-5-20(4)26-25(29)23(6-2)27(17-16-21-10-8-7-9-11-21)24(28)18-30-22-14-12-19(3)13-15-22/h7-15,20,23H,5-6,16-18H2,1-4H3,(H,26,29)/t20-,23-/m1/s1. The summed E-state index contributed by atoms with van der Waals surface area (Å²) >= 11 is 0. The Balaban J connectivity index is 2.11. The van der Waals surface area contributed by atoms with Crippen LogP contribution in [0, 0.1) is 6.92 Å². The van der Waals surface area contributed by atoms with Crippen LogP contribution in [0.3, 0.4) is 0 Å². The second-order valence-electron chi connectivity index (χ2n) is 7.67. The van der Waals surface area contributed by atoms with Crippen molar-refractivity contribution < 1.29 is 14.3 Å². The van der Waals surface area contributed by atoms with Gasteiger partial charge in [-0.3, -0.25) is 9.59 Å². The van der Waals surface area contributed by atoms with E-state index in [0.717, 1.165) is 17.5 Å². The lowest BCUT2D eigenvalue weighted by molar-refractivity contribution is -0.142. The normalized spacial score (nSPS) is 12.7. The fourth-order valence-corrected chi connectivity index (χ4v) is 3.20. The highest BCUT2D eigenvalue weighted by molar-refractivity contribution is 5.88. The minimum atomic E-state index is -0.517. The molecule has 0 saturated carbocycles. The summed E-state index contributed by atoms with van der Waals surface area (Å²) in [6, 6.07) is 17.1. The van der Waals surface area contributed by atoms with Crippen molar-refractivity contribution in [3.8, 4) is 5.75 Å². The van der Waals surface area contributed by atoms with E-state index in [2.05, 4.69) is 5.32 Å². The molecule has 2 rings (SSSR count). The molecule has 2 amide bonds. The van der Waals surface area contributed by atoms with E-state index in [1.807, 2.05) is 82.3 Å². The average Bonchev–Trinajstić information content (AvgIpc) is 2.76. The van der Waals surface area contributed by atoms with Gasteiger partial charge in [0.15, 0.2) is 6.61 Å². The lowest BCUT2D eigenvalue weighted by Gasteiger charge is -2.31. The van der Waals surface area contributed by atoms with E-state index < -0.39 is 6.04 Å². The number of nitrogens with zero attached hydrogens (tertiary/aromatic N) is 1. The number of aryl methyl sites for hydroxylation is 1. The number of rotatable bonds is 11. The van der Waals surface area contributed by atoms with Crippen molar-refractivity contribution in [1.29, 1.82) is 0 Å². The van der Waals surface area contributed by atoms with Crippen LogP contribution >= 0.6 is 0 Å². The maximum atomic E-state index is 13.1. The molecule has 0 bridgehead atoms. The zero-order valence-corrected chi connectivity index (χ0v) is 18.6. The third-order valence-electron chi connectivity index (χ3n) is 5.25. The molecule has 0 aliphatic carbocycles. The van der Waals surface area contributed by atoms with Crippen LogP contribution in [-0.2, 0) is 16.0 Å². The summed E-state index contributed by atoms with van der Waals surface area (Å²) in [4.78, 5) is 27.6. The first-order chi connectivity index (χ1) is 14.4. The van der Waals surface area contributed by atoms with Gasteiger partial charge in [-0.05, 0) is 50.8 Å². The molecule has 30 heavy (non-hydrogen) atoms. The van der Waals surface area contributed by atoms with Crippen LogP contribution in [-0.4, -0.2) is 41.9 Å². The third kappa shape index (κ3) is 7.21. The monoisotopic (exact) mass is 410 g/mol. The number of nitrogens with one attached hydrogen (secondary N) is 1. The summed E-state index contributed by atoms with van der Waals surface area (Å²) in [6.45, 7) is 8.31. The molecule has 0 saturated heterocycles. The molecule has 0 aromatic heterocycles. The number of hydrogen-bond acceptors (Lipinski definition) is 3. The molecular formula is C25H34N2O3. The lowest BCUT2D eigenvalue weighted by atomic mass is 10.1. The van der Waals surface area contributed by atoms with Crippen molar-refractivity contribution in [1.82, 2.24) is 10.2 Å². The van der Waals surface area contributed by atoms with Gasteiger partial charge in [0.25, 0.3) is 5.91 Å². The maximum Gasteiger partial charge on any atom is 0.261 e. The second kappa shape index (κ2) is 12.0. The molecule has 0 fully saturated rings. The van der Waals surface area contributed by atoms with E-state index in [-0.39, 0.29) is 24.5 Å². The number of benzene rings is 2. The predicted octanol–water partition coefficient (Wildman–Crippen LogP) is 4.14. The molecule has 5 nitrogen and oxygen atoms in total. The topological polar surface area (TPSA) is 58.6 Å². The molecular weight excluding hydrogens is 376 g/mol. The number of hydrogen-bond donors (Lipinski definition) is 1. The highest BCUT2D eigenvalue weighted by atomic mass is 16.5. The van der Waals surface area contributed by atoms with Crippen molar-refractivity contribution in [2.75, 3.05) is 13.2 Å². The molecule has 0 aliphatic heterocycles. The van der Waals surface area contributed by atoms with Crippen molar-refractivity contribution in [2.45, 2.75) is 59.0 Å². The van der Waals surface area contributed by atoms with Crippen molar-refractivity contribution in [2.24, 2.45) is 0 Å². The first kappa shape index (κ1) is 23.5. The van der Waals surface area contributed by atoms with Crippen LogP contribution in [0.25, 0.3) is 0 Å². The van der Waals surface area contributed by atoms with Crippen LogP contribution in [0.1, 0.15) is 44.7 Å². The van der Waals surface area contributed by atoms with Gasteiger partial charge in [0.05, 0.1) is 0 Å². The molecule has 162 valence electrons. The Kier molecular flexibility index (Phi) is 9.39. The van der Waals surface area contributed by atoms with Crippen molar-refractivity contribution >= 4 is 11.8 Å². The van der Waals surface area contributed by atoms with E-state index in [0.29, 0.717) is 25.1 Å². The number of carbonyl (C=O) groups excluding carboxylic acids is 2. The molecule has 0 heterocycles. The molecule has 0 unspecified atom stereocenters. The minimum absolute atomic E-state index is 0.0708. The minimum Gasteiger partial charge on any atom is -0.484 e. The molecule has 0 radical (unpaired) electrons. The quantitative estimate of drug-likeness (QED) is 0.606. The molecule has 1 N–H and O–H groups in total. The largest absolute Gasteiger partial charge is 0.484 e. The van der Waals surface area contributed by atoms with Crippen molar-refractivity contribution in [3.05, 3.63) is 65.7 Å². The molecule has 2 aromatic carbocycles. The predicted molar refractivity (Wildman–Crippen MR) is 121 cm³/mol. The third-order valence-corrected chi connectivity index (χ3v) is 5.25. The maximum absolute atomic E-state index is 13.1. The summed E-state index contributed by atoms with van der Waals surface area (Å²) in [5.41, 5.74) is 2.26. The van der Waals surface area contributed by atoms with Crippen LogP contribution in [0.2, 0.25) is 0 Å². The van der Waals surface area contributed by atoms with Gasteiger partial charge < -0.3 is 15.0 Å². The van der Waals surface area contributed by atoms with Gasteiger partial charge >= 0.3 is 0 Å². The van der Waals surface area contributed by atoms with E-state index in [1.165, 1.54) is 0 Å². The Bertz CT molecular complexity index is 790. The van der Waals surface area contributed by atoms with Crippen LogP contribution in [0.5, 0.6) is 5.75 Å². The Labute approximate surface area is 180 Å². The SMILES string of the molecule is CC[C@@H](C)NC(=O)[C@@H](CC)N(CCc1ccccc1)C(=O)COc1ccc(C)cc1. The van der Waals surface area contributed by atoms with Crippen LogP contribution in [0.15, 0.2) is 54.6 Å². The first-order valence-corrected chi connectivity index (χ1v) is 10.8. The number of ether oxygens (including phenoxy) is 1. The van der Waals surface area contributed by atoms with Gasteiger partial charge in [-0.15, -0.1) is 0 Å². The smallest absolute Gasteiger partial charge is 0.261 e. The van der Waals surface area contributed by atoms with Crippen molar-refractivity contribution in [3.63, 3.8) is 0 Å². The first-order valence-electron chi connectivity index (χ1n) is 10.8. The Hall–Kier alpha value is -2.82. The lowest BCUT2D eigenvalue weighted by Crippen LogP contribution is -2.52. The van der Waals surface area contributed by atoms with Crippen LogP contribution in [0.4, 0.5) is 0 Å². The fourth-order valence-electron chi connectivity index (χ4n) is 3.20. The van der Waals surface area contributed by atoms with Gasteiger partial charge in [-0.2, -0.15) is 0 Å². The summed E-state index contributed by atoms with van der Waals surface area (Å²) in [7, 11) is 0. The zero-order chi connectivity index (χ0) is 21.9. The van der Waals surface area contributed by atoms with Gasteiger partial charge in [0, 0.05) is 12.6 Å². The Morgan fingerprint density at radius 1 is 1.00 bits per heavy atom. The number of amides is 2. The van der Waals surface area contributed by atoms with Gasteiger partial charge in [-0.1, -0.05) is 61.9 Å². The van der Waals surface area contributed by atoms with Gasteiger partial charge in [0.2, 0.25) is 5.91 Å². The molecule has 0 spiro atoms. The fraction of sp³-hybridized carbons (Fsp3) is 0.440. The molecule has 5 heteroatoms.